The molecule has 0 spiro atoms. The van der Waals surface area contributed by atoms with Crippen LogP contribution in [0.15, 0.2) is 20.1 Å². The fourth-order valence-corrected chi connectivity index (χ4v) is 5.46. The quantitative estimate of drug-likeness (QED) is 0.669. The summed E-state index contributed by atoms with van der Waals surface area (Å²) < 4.78 is 27.6. The molecule has 0 saturated carbocycles. The van der Waals surface area contributed by atoms with Crippen molar-refractivity contribution < 1.29 is 18.3 Å². The zero-order valence-corrected chi connectivity index (χ0v) is 15.2. The Bertz CT molecular complexity index is 568. The van der Waals surface area contributed by atoms with Crippen LogP contribution in [0.3, 0.4) is 0 Å². The number of rotatable bonds is 9. The first kappa shape index (κ1) is 18.6. The highest BCUT2D eigenvalue weighted by atomic mass is 79.9. The van der Waals surface area contributed by atoms with E-state index in [4.69, 9.17) is 5.11 Å². The lowest BCUT2D eigenvalue weighted by atomic mass is 9.88. The molecule has 0 aliphatic heterocycles. The molecule has 0 aromatic carbocycles. The Hall–Kier alpha value is -0.440. The van der Waals surface area contributed by atoms with Crippen molar-refractivity contribution in [3.05, 3.63) is 15.9 Å². The number of thiophene rings is 1. The van der Waals surface area contributed by atoms with Crippen molar-refractivity contribution in [3.8, 4) is 0 Å². The van der Waals surface area contributed by atoms with Crippen molar-refractivity contribution in [1.29, 1.82) is 0 Å². The van der Waals surface area contributed by atoms with Gasteiger partial charge in [-0.25, -0.2) is 13.1 Å². The number of carbonyl (C=O) groups is 1. The first-order valence-electron chi connectivity index (χ1n) is 6.68. The van der Waals surface area contributed by atoms with Gasteiger partial charge in [-0.3, -0.25) is 4.79 Å². The van der Waals surface area contributed by atoms with Gasteiger partial charge in [-0.05, 0) is 52.1 Å². The molecule has 0 fully saturated rings. The standard InChI is InChI=1S/C13H20BrNO4S2/c1-9(2)10(3-4-12(16)17)5-7-15-21(18,19)13-11(14)6-8-20-13/h6,8-10,15H,3-5,7H2,1-2H3,(H,16,17). The smallest absolute Gasteiger partial charge is 0.303 e. The summed E-state index contributed by atoms with van der Waals surface area (Å²) >= 11 is 4.37. The second-order valence-corrected chi connectivity index (χ2v) is 8.91. The number of nitrogens with one attached hydrogen (secondary N) is 1. The summed E-state index contributed by atoms with van der Waals surface area (Å²) in [6.07, 6.45) is 1.32. The van der Waals surface area contributed by atoms with Crippen LogP contribution >= 0.6 is 27.3 Å². The Morgan fingerprint density at radius 2 is 2.10 bits per heavy atom. The van der Waals surface area contributed by atoms with Crippen LogP contribution in [-0.2, 0) is 14.8 Å². The minimum absolute atomic E-state index is 0.117. The maximum Gasteiger partial charge on any atom is 0.303 e. The van der Waals surface area contributed by atoms with E-state index in [2.05, 4.69) is 20.7 Å². The van der Waals surface area contributed by atoms with Gasteiger partial charge in [-0.1, -0.05) is 13.8 Å². The zero-order chi connectivity index (χ0) is 16.0. The van der Waals surface area contributed by atoms with Crippen LogP contribution in [0.5, 0.6) is 0 Å². The van der Waals surface area contributed by atoms with Crippen molar-refractivity contribution in [3.63, 3.8) is 0 Å². The first-order valence-corrected chi connectivity index (χ1v) is 9.84. The maximum atomic E-state index is 12.1. The van der Waals surface area contributed by atoms with Crippen LogP contribution < -0.4 is 4.72 Å². The highest BCUT2D eigenvalue weighted by Gasteiger charge is 2.20. The minimum atomic E-state index is -3.49. The zero-order valence-electron chi connectivity index (χ0n) is 12.0. The molecule has 8 heteroatoms. The Labute approximate surface area is 137 Å². The van der Waals surface area contributed by atoms with Gasteiger partial charge in [0.25, 0.3) is 10.0 Å². The molecular formula is C13H20BrNO4S2. The molecule has 1 aromatic heterocycles. The van der Waals surface area contributed by atoms with E-state index in [9.17, 15) is 13.2 Å². The van der Waals surface area contributed by atoms with Crippen LogP contribution in [-0.4, -0.2) is 26.0 Å². The molecule has 1 atom stereocenters. The summed E-state index contributed by atoms with van der Waals surface area (Å²) in [7, 11) is -3.49. The van der Waals surface area contributed by atoms with Crippen molar-refractivity contribution >= 4 is 43.3 Å². The summed E-state index contributed by atoms with van der Waals surface area (Å²) in [5.41, 5.74) is 0. The average molecular weight is 398 g/mol. The lowest BCUT2D eigenvalue weighted by Gasteiger charge is -2.20. The number of aliphatic carboxylic acids is 1. The van der Waals surface area contributed by atoms with E-state index in [1.54, 1.807) is 11.4 Å². The van der Waals surface area contributed by atoms with Gasteiger partial charge < -0.3 is 5.11 Å². The SMILES string of the molecule is CC(C)C(CCNS(=O)(=O)c1sccc1Br)CCC(=O)O. The molecule has 0 radical (unpaired) electrons. The van der Waals surface area contributed by atoms with Gasteiger partial charge >= 0.3 is 5.97 Å². The van der Waals surface area contributed by atoms with Gasteiger partial charge in [-0.15, -0.1) is 11.3 Å². The summed E-state index contributed by atoms with van der Waals surface area (Å²) in [6.45, 7) is 4.36. The molecule has 0 bridgehead atoms. The second kappa shape index (κ2) is 8.26. The van der Waals surface area contributed by atoms with Gasteiger partial charge in [0.05, 0.1) is 0 Å². The molecule has 120 valence electrons. The fraction of sp³-hybridized carbons (Fsp3) is 0.615. The van der Waals surface area contributed by atoms with E-state index >= 15 is 0 Å². The summed E-state index contributed by atoms with van der Waals surface area (Å²) in [6, 6.07) is 1.70. The van der Waals surface area contributed by atoms with Crippen molar-refractivity contribution in [2.45, 2.75) is 37.3 Å². The molecule has 0 aliphatic carbocycles. The molecule has 21 heavy (non-hydrogen) atoms. The average Bonchev–Trinajstić information content (AvgIpc) is 2.79. The molecule has 1 heterocycles. The second-order valence-electron chi connectivity index (χ2n) is 5.18. The molecule has 1 unspecified atom stereocenters. The molecule has 0 amide bonds. The van der Waals surface area contributed by atoms with Crippen molar-refractivity contribution in [2.75, 3.05) is 6.54 Å². The maximum absolute atomic E-state index is 12.1. The van der Waals surface area contributed by atoms with E-state index < -0.39 is 16.0 Å². The van der Waals surface area contributed by atoms with Gasteiger partial charge in [0, 0.05) is 17.4 Å². The van der Waals surface area contributed by atoms with Gasteiger partial charge in [0.2, 0.25) is 0 Å². The molecular weight excluding hydrogens is 378 g/mol. The van der Waals surface area contributed by atoms with E-state index in [1.807, 2.05) is 13.8 Å². The van der Waals surface area contributed by atoms with E-state index in [0.29, 0.717) is 29.8 Å². The van der Waals surface area contributed by atoms with E-state index in [0.717, 1.165) is 11.3 Å². The summed E-state index contributed by atoms with van der Waals surface area (Å²) in [5.74, 6) is -0.304. The highest BCUT2D eigenvalue weighted by molar-refractivity contribution is 9.10. The first-order chi connectivity index (χ1) is 9.74. The van der Waals surface area contributed by atoms with Crippen LogP contribution in [0.25, 0.3) is 0 Å². The Kier molecular flexibility index (Phi) is 7.32. The topological polar surface area (TPSA) is 83.5 Å². The predicted octanol–water partition coefficient (Wildman–Crippen LogP) is 3.32. The van der Waals surface area contributed by atoms with Gasteiger partial charge in [0.15, 0.2) is 0 Å². The Balaban J connectivity index is 2.54. The largest absolute Gasteiger partial charge is 0.481 e. The van der Waals surface area contributed by atoms with E-state index in [1.165, 1.54) is 0 Å². The van der Waals surface area contributed by atoms with Gasteiger partial charge in [-0.2, -0.15) is 0 Å². The van der Waals surface area contributed by atoms with Crippen molar-refractivity contribution in [2.24, 2.45) is 11.8 Å². The normalized spacial score (nSPS) is 13.5. The molecule has 2 N–H and O–H groups in total. The lowest BCUT2D eigenvalue weighted by Crippen LogP contribution is -2.27. The number of sulfonamides is 1. The highest BCUT2D eigenvalue weighted by Crippen LogP contribution is 2.27. The third-order valence-electron chi connectivity index (χ3n) is 3.31. The van der Waals surface area contributed by atoms with Crippen LogP contribution in [0.2, 0.25) is 0 Å². The number of hydrogen-bond donors (Lipinski definition) is 2. The molecule has 0 saturated heterocycles. The number of hydrogen-bond acceptors (Lipinski definition) is 4. The number of carboxylic acids is 1. The molecule has 5 nitrogen and oxygen atoms in total. The Morgan fingerprint density at radius 3 is 2.57 bits per heavy atom. The third-order valence-corrected chi connectivity index (χ3v) is 7.44. The lowest BCUT2D eigenvalue weighted by molar-refractivity contribution is -0.137. The monoisotopic (exact) mass is 397 g/mol. The molecule has 1 aromatic rings. The van der Waals surface area contributed by atoms with Crippen LogP contribution in [0.4, 0.5) is 0 Å². The third kappa shape index (κ3) is 6.06. The number of halogens is 1. The van der Waals surface area contributed by atoms with Crippen LogP contribution in [0, 0.1) is 11.8 Å². The van der Waals surface area contributed by atoms with Crippen LogP contribution in [0.1, 0.15) is 33.1 Å². The van der Waals surface area contributed by atoms with Crippen molar-refractivity contribution in [1.82, 2.24) is 4.72 Å². The van der Waals surface area contributed by atoms with Gasteiger partial charge in [0.1, 0.15) is 4.21 Å². The fourth-order valence-electron chi connectivity index (χ4n) is 2.04. The Morgan fingerprint density at radius 1 is 1.43 bits per heavy atom. The minimum Gasteiger partial charge on any atom is -0.481 e. The van der Waals surface area contributed by atoms with E-state index in [-0.39, 0.29) is 16.5 Å². The summed E-state index contributed by atoms with van der Waals surface area (Å²) in [5, 5.41) is 10.4. The predicted molar refractivity (Wildman–Crippen MR) is 87.0 cm³/mol. The summed E-state index contributed by atoms with van der Waals surface area (Å²) in [4.78, 5) is 10.6. The molecule has 0 aliphatic rings. The molecule has 1 rings (SSSR count). The number of carboxylic acid groups (broad SMARTS) is 1.